The second kappa shape index (κ2) is 7.04. The van der Waals surface area contributed by atoms with Crippen molar-refractivity contribution in [3.05, 3.63) is 36.8 Å². The van der Waals surface area contributed by atoms with E-state index in [2.05, 4.69) is 29.1 Å². The molecule has 0 bridgehead atoms. The maximum Gasteiger partial charge on any atom is 0.228 e. The molecule has 2 rings (SSSR count). The molecule has 1 aromatic carbocycles. The molecule has 5 nitrogen and oxygen atoms in total. The molecule has 0 aliphatic carbocycles. The lowest BCUT2D eigenvalue weighted by Crippen LogP contribution is -2.30. The summed E-state index contributed by atoms with van der Waals surface area (Å²) in [5, 5.41) is 2.93. The summed E-state index contributed by atoms with van der Waals surface area (Å²) in [6.45, 7) is 4.56. The molecule has 112 valence electrons. The lowest BCUT2D eigenvalue weighted by Gasteiger charge is -2.16. The molecule has 0 spiro atoms. The summed E-state index contributed by atoms with van der Waals surface area (Å²) in [6, 6.07) is 7.67. The van der Waals surface area contributed by atoms with E-state index in [4.69, 9.17) is 5.73 Å². The van der Waals surface area contributed by atoms with Gasteiger partial charge in [0.2, 0.25) is 5.91 Å². The Kier molecular flexibility index (Phi) is 5.11. The molecular formula is C16H22N4O. The van der Waals surface area contributed by atoms with E-state index in [1.807, 2.05) is 24.3 Å². The highest BCUT2D eigenvalue weighted by Gasteiger charge is 2.18. The Balaban J connectivity index is 2.01. The van der Waals surface area contributed by atoms with Crippen molar-refractivity contribution in [3.63, 3.8) is 0 Å². The van der Waals surface area contributed by atoms with Crippen LogP contribution in [0.5, 0.6) is 0 Å². The lowest BCUT2D eigenvalue weighted by atomic mass is 9.96. The molecule has 0 aliphatic rings. The number of carbonyl (C=O) groups excluding carboxylic acids is 1. The van der Waals surface area contributed by atoms with Gasteiger partial charge in [-0.2, -0.15) is 0 Å². The number of hydrogen-bond acceptors (Lipinski definition) is 3. The fourth-order valence-electron chi connectivity index (χ4n) is 2.27. The molecule has 1 aromatic heterocycles. The number of aromatic amines is 1. The molecule has 2 aromatic rings. The van der Waals surface area contributed by atoms with Crippen LogP contribution in [0.4, 0.5) is 5.69 Å². The Morgan fingerprint density at radius 2 is 2.05 bits per heavy atom. The van der Waals surface area contributed by atoms with Crippen LogP contribution in [-0.4, -0.2) is 22.4 Å². The van der Waals surface area contributed by atoms with E-state index in [-0.39, 0.29) is 11.8 Å². The van der Waals surface area contributed by atoms with Gasteiger partial charge in [-0.25, -0.2) is 4.98 Å². The first-order chi connectivity index (χ1) is 10.1. The van der Waals surface area contributed by atoms with Crippen LogP contribution in [0, 0.1) is 11.8 Å². The number of imidazole rings is 1. The number of amides is 1. The maximum atomic E-state index is 12.2. The highest BCUT2D eigenvalue weighted by molar-refractivity contribution is 5.92. The van der Waals surface area contributed by atoms with Crippen LogP contribution in [0.3, 0.4) is 0 Å². The molecular weight excluding hydrogens is 264 g/mol. The van der Waals surface area contributed by atoms with Crippen LogP contribution in [0.2, 0.25) is 0 Å². The van der Waals surface area contributed by atoms with Crippen molar-refractivity contribution in [3.8, 4) is 11.3 Å². The van der Waals surface area contributed by atoms with Gasteiger partial charge in [0.15, 0.2) is 0 Å². The highest BCUT2D eigenvalue weighted by atomic mass is 16.1. The molecule has 21 heavy (non-hydrogen) atoms. The summed E-state index contributed by atoms with van der Waals surface area (Å²) in [4.78, 5) is 19.2. The number of hydrogen-bond donors (Lipinski definition) is 3. The fraction of sp³-hybridized carbons (Fsp3) is 0.375. The number of carbonyl (C=O) groups is 1. The number of benzene rings is 1. The van der Waals surface area contributed by atoms with Gasteiger partial charge in [-0.1, -0.05) is 26.0 Å². The second-order valence-electron chi connectivity index (χ2n) is 5.59. The average molecular weight is 286 g/mol. The van der Waals surface area contributed by atoms with Gasteiger partial charge < -0.3 is 16.0 Å². The number of nitrogens with two attached hydrogens (primary N) is 1. The average Bonchev–Trinajstić information content (AvgIpc) is 2.99. The molecule has 1 unspecified atom stereocenters. The molecule has 0 saturated heterocycles. The molecule has 0 saturated carbocycles. The van der Waals surface area contributed by atoms with Gasteiger partial charge in [-0.15, -0.1) is 0 Å². The van der Waals surface area contributed by atoms with Gasteiger partial charge in [0.25, 0.3) is 0 Å². The van der Waals surface area contributed by atoms with Crippen LogP contribution in [0.25, 0.3) is 11.3 Å². The molecule has 1 amide bonds. The topological polar surface area (TPSA) is 83.8 Å². The Hall–Kier alpha value is -2.14. The number of nitrogens with zero attached hydrogens (tertiary/aromatic N) is 1. The van der Waals surface area contributed by atoms with Gasteiger partial charge in [0.1, 0.15) is 0 Å². The monoisotopic (exact) mass is 286 g/mol. The van der Waals surface area contributed by atoms with Crippen LogP contribution < -0.4 is 11.1 Å². The minimum absolute atomic E-state index is 0.0134. The third-order valence-corrected chi connectivity index (χ3v) is 3.37. The maximum absolute atomic E-state index is 12.2. The Bertz CT molecular complexity index is 560. The van der Waals surface area contributed by atoms with Crippen LogP contribution in [0.1, 0.15) is 20.3 Å². The SMILES string of the molecule is CC(C)CC(CN)C(=O)Nc1ccc(-c2cnc[nH]2)cc1. The van der Waals surface area contributed by atoms with Crippen LogP contribution in [0.15, 0.2) is 36.8 Å². The van der Waals surface area contributed by atoms with Gasteiger partial charge in [0, 0.05) is 12.2 Å². The lowest BCUT2D eigenvalue weighted by molar-refractivity contribution is -0.120. The number of nitrogens with one attached hydrogen (secondary N) is 2. The smallest absolute Gasteiger partial charge is 0.228 e. The quantitative estimate of drug-likeness (QED) is 0.763. The number of aromatic nitrogens is 2. The zero-order valence-corrected chi connectivity index (χ0v) is 12.5. The predicted molar refractivity (Wildman–Crippen MR) is 84.7 cm³/mol. The standard InChI is InChI=1S/C16H22N4O/c1-11(2)7-13(8-17)16(21)20-14-5-3-12(4-6-14)15-9-18-10-19-15/h3-6,9-11,13H,7-8,17H2,1-2H3,(H,18,19)(H,20,21). The molecule has 4 N–H and O–H groups in total. The van der Waals surface area contributed by atoms with Crippen molar-refractivity contribution in [2.75, 3.05) is 11.9 Å². The molecule has 5 heteroatoms. The van der Waals surface area contributed by atoms with E-state index < -0.39 is 0 Å². The van der Waals surface area contributed by atoms with Crippen molar-refractivity contribution in [1.82, 2.24) is 9.97 Å². The zero-order chi connectivity index (χ0) is 15.2. The largest absolute Gasteiger partial charge is 0.345 e. The first kappa shape index (κ1) is 15.3. The summed E-state index contributed by atoms with van der Waals surface area (Å²) in [5.74, 6) is 0.296. The Labute approximate surface area is 125 Å². The van der Waals surface area contributed by atoms with E-state index in [0.717, 1.165) is 23.4 Å². The van der Waals surface area contributed by atoms with Crippen LogP contribution in [-0.2, 0) is 4.79 Å². The predicted octanol–water partition coefficient (Wildman–Crippen LogP) is 2.64. The van der Waals surface area contributed by atoms with Gasteiger partial charge >= 0.3 is 0 Å². The summed E-state index contributed by atoms with van der Waals surface area (Å²) in [7, 11) is 0. The second-order valence-corrected chi connectivity index (χ2v) is 5.59. The van der Waals surface area contributed by atoms with Gasteiger partial charge in [0.05, 0.1) is 24.1 Å². The number of H-pyrrole nitrogens is 1. The third kappa shape index (κ3) is 4.16. The van der Waals surface area contributed by atoms with Crippen molar-refractivity contribution < 1.29 is 4.79 Å². The normalized spacial score (nSPS) is 12.4. The molecule has 0 aliphatic heterocycles. The van der Waals surface area contributed by atoms with E-state index in [9.17, 15) is 4.79 Å². The summed E-state index contributed by atoms with van der Waals surface area (Å²) < 4.78 is 0. The van der Waals surface area contributed by atoms with E-state index >= 15 is 0 Å². The zero-order valence-electron chi connectivity index (χ0n) is 12.5. The Morgan fingerprint density at radius 1 is 1.33 bits per heavy atom. The first-order valence-electron chi connectivity index (χ1n) is 7.20. The third-order valence-electron chi connectivity index (χ3n) is 3.37. The number of anilines is 1. The summed E-state index contributed by atoms with van der Waals surface area (Å²) in [5.41, 5.74) is 8.46. The summed E-state index contributed by atoms with van der Waals surface area (Å²) in [6.07, 6.45) is 4.21. The first-order valence-corrected chi connectivity index (χ1v) is 7.20. The van der Waals surface area contributed by atoms with Crippen molar-refractivity contribution in [1.29, 1.82) is 0 Å². The van der Waals surface area contributed by atoms with E-state index in [0.29, 0.717) is 12.5 Å². The molecule has 0 radical (unpaired) electrons. The van der Waals surface area contributed by atoms with E-state index in [1.165, 1.54) is 0 Å². The molecule has 1 atom stereocenters. The highest BCUT2D eigenvalue weighted by Crippen LogP contribution is 2.20. The minimum atomic E-state index is -0.141. The van der Waals surface area contributed by atoms with Gasteiger partial charge in [-0.3, -0.25) is 4.79 Å². The van der Waals surface area contributed by atoms with E-state index in [1.54, 1.807) is 12.5 Å². The van der Waals surface area contributed by atoms with Crippen molar-refractivity contribution in [2.24, 2.45) is 17.6 Å². The molecule has 0 fully saturated rings. The van der Waals surface area contributed by atoms with Crippen molar-refractivity contribution in [2.45, 2.75) is 20.3 Å². The van der Waals surface area contributed by atoms with Crippen molar-refractivity contribution >= 4 is 11.6 Å². The van der Waals surface area contributed by atoms with Crippen LogP contribution >= 0.6 is 0 Å². The Morgan fingerprint density at radius 3 is 2.57 bits per heavy atom. The van der Waals surface area contributed by atoms with Gasteiger partial charge in [-0.05, 0) is 30.0 Å². The minimum Gasteiger partial charge on any atom is -0.345 e. The fourth-order valence-corrected chi connectivity index (χ4v) is 2.27. The number of rotatable bonds is 6. The summed E-state index contributed by atoms with van der Waals surface area (Å²) >= 11 is 0. The molecule has 1 heterocycles.